The van der Waals surface area contributed by atoms with Crippen molar-refractivity contribution in [2.75, 3.05) is 13.4 Å². The van der Waals surface area contributed by atoms with Crippen LogP contribution in [0.15, 0.2) is 71.4 Å². The van der Waals surface area contributed by atoms with E-state index in [1.165, 1.54) is 0 Å². The van der Waals surface area contributed by atoms with Gasteiger partial charge in [0.1, 0.15) is 0 Å². The average molecular weight is 471 g/mol. The van der Waals surface area contributed by atoms with Gasteiger partial charge in [-0.1, -0.05) is 23.8 Å². The van der Waals surface area contributed by atoms with Crippen molar-refractivity contribution in [1.82, 2.24) is 0 Å². The first-order chi connectivity index (χ1) is 17.0. The second-order valence-electron chi connectivity index (χ2n) is 7.80. The molecule has 8 heteroatoms. The van der Waals surface area contributed by atoms with Crippen LogP contribution in [0.3, 0.4) is 0 Å². The molecule has 5 rings (SSSR count). The highest BCUT2D eigenvalue weighted by Gasteiger charge is 2.24. The maximum absolute atomic E-state index is 12.7. The van der Waals surface area contributed by atoms with Crippen LogP contribution in [0, 0.1) is 6.92 Å². The molecule has 0 unspecified atom stereocenters. The fraction of sp³-hybridized carbons (Fsp3) is 0.148. The lowest BCUT2D eigenvalue weighted by molar-refractivity contribution is -0.129. The summed E-state index contributed by atoms with van der Waals surface area (Å²) in [5.41, 5.74) is 2.92. The van der Waals surface area contributed by atoms with Crippen molar-refractivity contribution in [3.05, 3.63) is 88.6 Å². The van der Waals surface area contributed by atoms with E-state index >= 15 is 0 Å². The van der Waals surface area contributed by atoms with E-state index in [1.807, 2.05) is 38.1 Å². The van der Waals surface area contributed by atoms with Crippen molar-refractivity contribution in [2.45, 2.75) is 13.8 Å². The highest BCUT2D eigenvalue weighted by molar-refractivity contribution is 6.12. The van der Waals surface area contributed by atoms with Crippen molar-refractivity contribution in [3.63, 3.8) is 0 Å². The molecule has 176 valence electrons. The van der Waals surface area contributed by atoms with Crippen LogP contribution in [-0.4, -0.2) is 31.2 Å². The summed E-state index contributed by atoms with van der Waals surface area (Å²) in [6.45, 7) is 4.26. The Morgan fingerprint density at radius 3 is 2.60 bits per heavy atom. The summed E-state index contributed by atoms with van der Waals surface area (Å²) in [6, 6.07) is 17.3. The van der Waals surface area contributed by atoms with Crippen LogP contribution >= 0.6 is 0 Å². The topological polar surface area (TPSA) is 92.7 Å². The van der Waals surface area contributed by atoms with E-state index < -0.39 is 11.9 Å². The highest BCUT2D eigenvalue weighted by Crippen LogP contribution is 2.34. The van der Waals surface area contributed by atoms with Crippen molar-refractivity contribution in [2.24, 2.45) is 4.99 Å². The number of benzene rings is 3. The summed E-state index contributed by atoms with van der Waals surface area (Å²) in [5.74, 6) is 0.798. The van der Waals surface area contributed by atoms with Gasteiger partial charge in [-0.2, -0.15) is 0 Å². The number of nitrogens with zero attached hydrogens (tertiary/aromatic N) is 1. The van der Waals surface area contributed by atoms with Gasteiger partial charge in [-0.3, -0.25) is 0 Å². The lowest BCUT2D eigenvalue weighted by Crippen LogP contribution is -2.09. The second-order valence-corrected chi connectivity index (χ2v) is 7.80. The number of aryl methyl sites for hydroxylation is 1. The molecule has 0 saturated carbocycles. The van der Waals surface area contributed by atoms with Crippen LogP contribution in [0.5, 0.6) is 23.0 Å². The van der Waals surface area contributed by atoms with Crippen LogP contribution in [-0.2, 0) is 9.53 Å². The van der Waals surface area contributed by atoms with Gasteiger partial charge in [0.25, 0.3) is 0 Å². The van der Waals surface area contributed by atoms with E-state index in [2.05, 4.69) is 4.99 Å². The summed E-state index contributed by atoms with van der Waals surface area (Å²) in [5, 5.41) is 0. The largest absolute Gasteiger partial charge is 0.490 e. The van der Waals surface area contributed by atoms with E-state index in [4.69, 9.17) is 23.7 Å². The zero-order chi connectivity index (χ0) is 24.4. The average Bonchev–Trinajstić information content (AvgIpc) is 3.47. The quantitative estimate of drug-likeness (QED) is 0.293. The molecule has 0 aromatic heterocycles. The fourth-order valence-electron chi connectivity index (χ4n) is 3.54. The van der Waals surface area contributed by atoms with Gasteiger partial charge in [-0.05, 0) is 68.0 Å². The monoisotopic (exact) mass is 471 g/mol. The fourth-order valence-corrected chi connectivity index (χ4v) is 3.54. The van der Waals surface area contributed by atoms with Crippen LogP contribution in [0.2, 0.25) is 0 Å². The first kappa shape index (κ1) is 22.2. The van der Waals surface area contributed by atoms with Gasteiger partial charge in [-0.15, -0.1) is 0 Å². The van der Waals surface area contributed by atoms with Crippen molar-refractivity contribution in [3.8, 4) is 23.0 Å². The van der Waals surface area contributed by atoms with Crippen molar-refractivity contribution in [1.29, 1.82) is 0 Å². The van der Waals surface area contributed by atoms with Gasteiger partial charge in [0, 0.05) is 5.56 Å². The maximum Gasteiger partial charge on any atom is 0.363 e. The number of ether oxygens (including phenoxy) is 5. The Balaban J connectivity index is 1.38. The predicted molar refractivity (Wildman–Crippen MR) is 127 cm³/mol. The Morgan fingerprint density at radius 1 is 1.00 bits per heavy atom. The summed E-state index contributed by atoms with van der Waals surface area (Å²) in [6.07, 6.45) is 1.59. The lowest BCUT2D eigenvalue weighted by atomic mass is 10.1. The molecule has 2 aliphatic rings. The van der Waals surface area contributed by atoms with Gasteiger partial charge >= 0.3 is 11.9 Å². The molecular formula is C27H21NO7. The van der Waals surface area contributed by atoms with Crippen LogP contribution < -0.4 is 18.9 Å². The summed E-state index contributed by atoms with van der Waals surface area (Å²) < 4.78 is 27.2. The normalized spacial score (nSPS) is 15.1. The number of fused-ring (bicyclic) bond motifs is 1. The van der Waals surface area contributed by atoms with Gasteiger partial charge in [-0.25, -0.2) is 14.6 Å². The van der Waals surface area contributed by atoms with Gasteiger partial charge in [0.15, 0.2) is 28.7 Å². The van der Waals surface area contributed by atoms with Crippen molar-refractivity contribution < 1.29 is 33.3 Å². The minimum absolute atomic E-state index is 0.114. The highest BCUT2D eigenvalue weighted by atomic mass is 16.7. The molecule has 0 radical (unpaired) electrons. The van der Waals surface area contributed by atoms with E-state index in [0.717, 1.165) is 5.56 Å². The minimum Gasteiger partial charge on any atom is -0.490 e. The third kappa shape index (κ3) is 4.72. The van der Waals surface area contributed by atoms with Crippen LogP contribution in [0.25, 0.3) is 6.08 Å². The molecule has 0 saturated heterocycles. The molecule has 0 fully saturated rings. The number of hydrogen-bond acceptors (Lipinski definition) is 8. The molecule has 0 atom stereocenters. The molecule has 3 aromatic rings. The van der Waals surface area contributed by atoms with E-state index in [0.29, 0.717) is 40.5 Å². The number of aliphatic imine (C=N–C) groups is 1. The SMILES string of the molecule is CCOc1cc(/C=C2\N=C(c3ccc(C)cc3)OC2=O)ccc1OC(=O)c1ccc2c(c1)OCO2. The zero-order valence-corrected chi connectivity index (χ0v) is 19.1. The summed E-state index contributed by atoms with van der Waals surface area (Å²) >= 11 is 0. The molecule has 8 nitrogen and oxygen atoms in total. The molecule has 3 aromatic carbocycles. The third-order valence-electron chi connectivity index (χ3n) is 5.30. The van der Waals surface area contributed by atoms with E-state index in [9.17, 15) is 9.59 Å². The van der Waals surface area contributed by atoms with Crippen molar-refractivity contribution >= 4 is 23.9 Å². The molecular weight excluding hydrogens is 450 g/mol. The molecule has 2 aliphatic heterocycles. The van der Waals surface area contributed by atoms with E-state index in [-0.39, 0.29) is 24.1 Å². The number of hydrogen-bond donors (Lipinski definition) is 0. The Morgan fingerprint density at radius 2 is 1.80 bits per heavy atom. The van der Waals surface area contributed by atoms with Crippen LogP contribution in [0.1, 0.15) is 34.0 Å². The molecule has 0 aliphatic carbocycles. The first-order valence-corrected chi connectivity index (χ1v) is 11.0. The van der Waals surface area contributed by atoms with Gasteiger partial charge in [0.05, 0.1) is 12.2 Å². The lowest BCUT2D eigenvalue weighted by Gasteiger charge is -2.11. The zero-order valence-electron chi connectivity index (χ0n) is 19.1. The molecule has 35 heavy (non-hydrogen) atoms. The van der Waals surface area contributed by atoms with E-state index in [1.54, 1.807) is 42.5 Å². The summed E-state index contributed by atoms with van der Waals surface area (Å²) in [7, 11) is 0. The Kier molecular flexibility index (Phi) is 5.93. The smallest absolute Gasteiger partial charge is 0.363 e. The number of cyclic esters (lactones) is 1. The molecule has 0 N–H and O–H groups in total. The van der Waals surface area contributed by atoms with Gasteiger partial charge < -0.3 is 23.7 Å². The Bertz CT molecular complexity index is 1370. The molecule has 2 heterocycles. The molecule has 0 amide bonds. The van der Waals surface area contributed by atoms with Gasteiger partial charge in [0.2, 0.25) is 12.7 Å². The Labute approximate surface area is 201 Å². The number of esters is 2. The number of carbonyl (C=O) groups excluding carboxylic acids is 2. The number of rotatable bonds is 6. The molecule has 0 bridgehead atoms. The standard InChI is InChI=1S/C27H21NO7/c1-3-31-23-13-17(12-20-27(30)35-25(28-20)18-7-4-16(2)5-8-18)6-10-22(23)34-26(29)19-9-11-21-24(14-19)33-15-32-21/h4-14H,3,15H2,1-2H3/b20-12-. The second kappa shape index (κ2) is 9.34. The van der Waals surface area contributed by atoms with Crippen LogP contribution in [0.4, 0.5) is 0 Å². The third-order valence-corrected chi connectivity index (χ3v) is 5.30. The summed E-state index contributed by atoms with van der Waals surface area (Å²) in [4.78, 5) is 29.4. The minimum atomic E-state index is -0.568. The Hall–Kier alpha value is -4.59. The predicted octanol–water partition coefficient (Wildman–Crippen LogP) is 4.69. The number of carbonyl (C=O) groups is 2. The maximum atomic E-state index is 12.7. The molecule has 0 spiro atoms. The first-order valence-electron chi connectivity index (χ1n) is 11.0.